The van der Waals surface area contributed by atoms with Crippen molar-refractivity contribution >= 4 is 23.4 Å². The Bertz CT molecular complexity index is 428. The lowest BCUT2D eigenvalue weighted by Gasteiger charge is -2.36. The third-order valence-corrected chi connectivity index (χ3v) is 4.61. The monoisotopic (exact) mass is 265 g/mol. The molecule has 1 fully saturated rings. The van der Waals surface area contributed by atoms with Gasteiger partial charge in [0.05, 0.1) is 7.11 Å². The molecule has 0 aromatic heterocycles. The average molecular weight is 265 g/mol. The average Bonchev–Trinajstić information content (AvgIpc) is 2.41. The van der Waals surface area contributed by atoms with Gasteiger partial charge in [-0.05, 0) is 37.1 Å². The van der Waals surface area contributed by atoms with Gasteiger partial charge in [-0.1, -0.05) is 18.2 Å². The first-order valence-corrected chi connectivity index (χ1v) is 7.33. The molecular formula is C14H19NO2S. The minimum absolute atomic E-state index is 0.155. The first-order valence-electron chi connectivity index (χ1n) is 6.18. The maximum Gasteiger partial charge on any atom is 0.332 e. The van der Waals surface area contributed by atoms with Gasteiger partial charge < -0.3 is 10.1 Å². The SMILES string of the molecule is COC(=O)C1(Nc2ccccc2C)CCCSC1. The van der Waals surface area contributed by atoms with Gasteiger partial charge in [-0.3, -0.25) is 0 Å². The number of thioether (sulfide) groups is 1. The van der Waals surface area contributed by atoms with Crippen molar-refractivity contribution in [3.63, 3.8) is 0 Å². The summed E-state index contributed by atoms with van der Waals surface area (Å²) in [5.41, 5.74) is 1.60. The molecule has 0 aliphatic carbocycles. The molecule has 18 heavy (non-hydrogen) atoms. The first kappa shape index (κ1) is 13.3. The molecule has 1 atom stereocenters. The van der Waals surface area contributed by atoms with Crippen molar-refractivity contribution in [2.75, 3.05) is 23.9 Å². The van der Waals surface area contributed by atoms with Crippen molar-refractivity contribution in [3.05, 3.63) is 29.8 Å². The van der Waals surface area contributed by atoms with Gasteiger partial charge in [0, 0.05) is 11.4 Å². The summed E-state index contributed by atoms with van der Waals surface area (Å²) < 4.78 is 4.99. The van der Waals surface area contributed by atoms with E-state index in [4.69, 9.17) is 4.74 Å². The molecular weight excluding hydrogens is 246 g/mol. The lowest BCUT2D eigenvalue weighted by Crippen LogP contribution is -2.51. The number of rotatable bonds is 3. The predicted octanol–water partition coefficient (Wildman–Crippen LogP) is 2.85. The molecule has 98 valence electrons. The molecule has 0 spiro atoms. The zero-order chi connectivity index (χ0) is 13.0. The van der Waals surface area contributed by atoms with Crippen LogP contribution in [-0.2, 0) is 9.53 Å². The van der Waals surface area contributed by atoms with Gasteiger partial charge in [-0.2, -0.15) is 11.8 Å². The molecule has 1 N–H and O–H groups in total. The molecule has 2 rings (SSSR count). The minimum Gasteiger partial charge on any atom is -0.467 e. The molecule has 1 aliphatic rings. The number of hydrogen-bond donors (Lipinski definition) is 1. The van der Waals surface area contributed by atoms with Crippen molar-refractivity contribution in [1.29, 1.82) is 0 Å². The molecule has 1 heterocycles. The van der Waals surface area contributed by atoms with E-state index in [2.05, 4.69) is 5.32 Å². The van der Waals surface area contributed by atoms with Gasteiger partial charge in [-0.25, -0.2) is 4.79 Å². The summed E-state index contributed by atoms with van der Waals surface area (Å²) in [5, 5.41) is 3.42. The highest BCUT2D eigenvalue weighted by Gasteiger charge is 2.41. The lowest BCUT2D eigenvalue weighted by atomic mass is 9.94. The van der Waals surface area contributed by atoms with Crippen LogP contribution in [0.1, 0.15) is 18.4 Å². The van der Waals surface area contributed by atoms with Crippen LogP contribution >= 0.6 is 11.8 Å². The Hall–Kier alpha value is -1.16. The fourth-order valence-electron chi connectivity index (χ4n) is 2.27. The topological polar surface area (TPSA) is 38.3 Å². The van der Waals surface area contributed by atoms with E-state index in [-0.39, 0.29) is 5.97 Å². The van der Waals surface area contributed by atoms with Gasteiger partial charge >= 0.3 is 5.97 Å². The van der Waals surface area contributed by atoms with E-state index in [0.717, 1.165) is 35.6 Å². The molecule has 1 aromatic carbocycles. The van der Waals surface area contributed by atoms with Crippen molar-refractivity contribution in [3.8, 4) is 0 Å². The molecule has 3 nitrogen and oxygen atoms in total. The highest BCUT2D eigenvalue weighted by atomic mass is 32.2. The largest absolute Gasteiger partial charge is 0.467 e. The van der Waals surface area contributed by atoms with Gasteiger partial charge in [-0.15, -0.1) is 0 Å². The van der Waals surface area contributed by atoms with Gasteiger partial charge in [0.25, 0.3) is 0 Å². The highest BCUT2D eigenvalue weighted by molar-refractivity contribution is 7.99. The van der Waals surface area contributed by atoms with E-state index >= 15 is 0 Å². The van der Waals surface area contributed by atoms with Crippen LogP contribution in [0, 0.1) is 6.92 Å². The summed E-state index contributed by atoms with van der Waals surface area (Å²) in [4.78, 5) is 12.1. The molecule has 1 aromatic rings. The Balaban J connectivity index is 2.25. The fraction of sp³-hybridized carbons (Fsp3) is 0.500. The maximum absolute atomic E-state index is 12.1. The summed E-state index contributed by atoms with van der Waals surface area (Å²) in [6, 6.07) is 8.04. The van der Waals surface area contributed by atoms with Crippen LogP contribution in [-0.4, -0.2) is 30.1 Å². The van der Waals surface area contributed by atoms with Crippen molar-refractivity contribution in [1.82, 2.24) is 0 Å². The van der Waals surface area contributed by atoms with E-state index in [1.807, 2.05) is 43.0 Å². The normalized spacial score (nSPS) is 23.4. The zero-order valence-corrected chi connectivity index (χ0v) is 11.7. The van der Waals surface area contributed by atoms with E-state index in [9.17, 15) is 4.79 Å². The highest BCUT2D eigenvalue weighted by Crippen LogP contribution is 2.32. The van der Waals surface area contributed by atoms with Crippen LogP contribution in [0.15, 0.2) is 24.3 Å². The maximum atomic E-state index is 12.1. The van der Waals surface area contributed by atoms with Gasteiger partial charge in [0.1, 0.15) is 5.54 Å². The Morgan fingerprint density at radius 2 is 2.22 bits per heavy atom. The fourth-order valence-corrected chi connectivity index (χ4v) is 3.45. The Morgan fingerprint density at radius 3 is 2.83 bits per heavy atom. The molecule has 4 heteroatoms. The number of hydrogen-bond acceptors (Lipinski definition) is 4. The number of carbonyl (C=O) groups excluding carboxylic acids is 1. The molecule has 1 saturated heterocycles. The first-order chi connectivity index (χ1) is 8.68. The van der Waals surface area contributed by atoms with E-state index < -0.39 is 5.54 Å². The third-order valence-electron chi connectivity index (χ3n) is 3.34. The smallest absolute Gasteiger partial charge is 0.332 e. The summed E-state index contributed by atoms with van der Waals surface area (Å²) in [7, 11) is 1.46. The minimum atomic E-state index is -0.566. The number of anilines is 1. The van der Waals surface area contributed by atoms with Crippen LogP contribution in [0.3, 0.4) is 0 Å². The molecule has 1 unspecified atom stereocenters. The quantitative estimate of drug-likeness (QED) is 0.853. The van der Waals surface area contributed by atoms with E-state index in [0.29, 0.717) is 0 Å². The molecule has 0 bridgehead atoms. The number of benzene rings is 1. The van der Waals surface area contributed by atoms with E-state index in [1.54, 1.807) is 0 Å². The van der Waals surface area contributed by atoms with Crippen molar-refractivity contribution < 1.29 is 9.53 Å². The molecule has 0 saturated carbocycles. The number of carbonyl (C=O) groups is 1. The Morgan fingerprint density at radius 1 is 1.44 bits per heavy atom. The second-order valence-corrected chi connectivity index (χ2v) is 5.77. The Kier molecular flexibility index (Phi) is 4.17. The number of aryl methyl sites for hydroxylation is 1. The van der Waals surface area contributed by atoms with Gasteiger partial charge in [0.15, 0.2) is 0 Å². The van der Waals surface area contributed by atoms with Crippen LogP contribution in [0.4, 0.5) is 5.69 Å². The summed E-state index contributed by atoms with van der Waals surface area (Å²) in [6.07, 6.45) is 1.87. The van der Waals surface area contributed by atoms with Crippen LogP contribution in [0.5, 0.6) is 0 Å². The zero-order valence-electron chi connectivity index (χ0n) is 10.9. The summed E-state index contributed by atoms with van der Waals surface area (Å²) >= 11 is 1.81. The Labute approximate surface area is 112 Å². The van der Waals surface area contributed by atoms with E-state index in [1.165, 1.54) is 7.11 Å². The standard InChI is InChI=1S/C14H19NO2S/c1-11-6-3-4-7-12(11)15-14(13(16)17-2)8-5-9-18-10-14/h3-4,6-7,15H,5,8-10H2,1-2H3. The second-order valence-electron chi connectivity index (χ2n) is 4.67. The predicted molar refractivity (Wildman–Crippen MR) is 76.1 cm³/mol. The van der Waals surface area contributed by atoms with Gasteiger partial charge in [0.2, 0.25) is 0 Å². The number of nitrogens with one attached hydrogen (secondary N) is 1. The van der Waals surface area contributed by atoms with Crippen molar-refractivity contribution in [2.24, 2.45) is 0 Å². The molecule has 0 radical (unpaired) electrons. The number of ether oxygens (including phenoxy) is 1. The van der Waals surface area contributed by atoms with Crippen molar-refractivity contribution in [2.45, 2.75) is 25.3 Å². The molecule has 1 aliphatic heterocycles. The third kappa shape index (κ3) is 2.64. The summed E-state index contributed by atoms with van der Waals surface area (Å²) in [5.74, 6) is 1.74. The summed E-state index contributed by atoms with van der Waals surface area (Å²) in [6.45, 7) is 2.04. The van der Waals surface area contributed by atoms with Crippen LogP contribution in [0.25, 0.3) is 0 Å². The van der Waals surface area contributed by atoms with Crippen LogP contribution in [0.2, 0.25) is 0 Å². The number of para-hydroxylation sites is 1. The number of methoxy groups -OCH3 is 1. The number of esters is 1. The molecule has 0 amide bonds. The lowest BCUT2D eigenvalue weighted by molar-refractivity contribution is -0.145. The second kappa shape index (κ2) is 5.65. The van der Waals surface area contributed by atoms with Crippen LogP contribution < -0.4 is 5.32 Å².